The summed E-state index contributed by atoms with van der Waals surface area (Å²) in [7, 11) is 1.26. The van der Waals surface area contributed by atoms with Gasteiger partial charge >= 0.3 is 6.09 Å². The first-order valence-corrected chi connectivity index (χ1v) is 15.6. The zero-order valence-electron chi connectivity index (χ0n) is 26.3. The first-order valence-electron chi connectivity index (χ1n) is 15.2. The number of alkyl carbamates (subject to hydrolysis) is 1. The van der Waals surface area contributed by atoms with Crippen molar-refractivity contribution in [2.24, 2.45) is 5.41 Å². The molecule has 1 amide bonds. The Kier molecular flexibility index (Phi) is 10.1. The molecule has 5 rings (SSSR count). The zero-order valence-corrected chi connectivity index (χ0v) is 27.0. The average molecular weight is 655 g/mol. The number of benzene rings is 3. The summed E-state index contributed by atoms with van der Waals surface area (Å²) in [5.41, 5.74) is -1.15. The molecule has 46 heavy (non-hydrogen) atoms. The predicted octanol–water partition coefficient (Wildman–Crippen LogP) is 7.68. The van der Waals surface area contributed by atoms with Crippen molar-refractivity contribution in [3.05, 3.63) is 81.9 Å². The molecule has 1 N–H and O–H groups in total. The van der Waals surface area contributed by atoms with Crippen LogP contribution in [-0.4, -0.2) is 45.4 Å². The van der Waals surface area contributed by atoms with E-state index in [0.717, 1.165) is 25.3 Å². The minimum atomic E-state index is -1.29. The van der Waals surface area contributed by atoms with Crippen molar-refractivity contribution in [1.29, 1.82) is 5.26 Å². The van der Waals surface area contributed by atoms with E-state index in [0.29, 0.717) is 17.7 Å². The van der Waals surface area contributed by atoms with Crippen LogP contribution < -0.4 is 14.8 Å². The van der Waals surface area contributed by atoms with Crippen LogP contribution in [0, 0.1) is 28.4 Å². The highest BCUT2D eigenvalue weighted by molar-refractivity contribution is 6.34. The van der Waals surface area contributed by atoms with Crippen molar-refractivity contribution < 1.29 is 37.3 Å². The first-order chi connectivity index (χ1) is 22.0. The van der Waals surface area contributed by atoms with E-state index >= 15 is 8.78 Å². The smallest absolute Gasteiger partial charge is 0.407 e. The minimum Gasteiger partial charge on any atom is -0.488 e. The summed E-state index contributed by atoms with van der Waals surface area (Å²) in [5.74, 6) is -1.77. The third kappa shape index (κ3) is 6.63. The Morgan fingerprint density at radius 1 is 1.15 bits per heavy atom. The highest BCUT2D eigenvalue weighted by atomic mass is 35.5. The summed E-state index contributed by atoms with van der Waals surface area (Å²) in [6, 6.07) is 14.4. The van der Waals surface area contributed by atoms with Gasteiger partial charge in [-0.2, -0.15) is 5.26 Å². The van der Waals surface area contributed by atoms with E-state index in [2.05, 4.69) is 5.32 Å². The van der Waals surface area contributed by atoms with Gasteiger partial charge in [0, 0.05) is 35.8 Å². The molecule has 11 heteroatoms. The van der Waals surface area contributed by atoms with E-state index in [1.165, 1.54) is 19.2 Å². The number of hydrogen-bond acceptors (Lipinski definition) is 7. The van der Waals surface area contributed by atoms with Crippen LogP contribution in [0.5, 0.6) is 11.5 Å². The molecule has 2 aliphatic heterocycles. The van der Waals surface area contributed by atoms with E-state index in [1.54, 1.807) is 0 Å². The van der Waals surface area contributed by atoms with Crippen molar-refractivity contribution in [1.82, 2.24) is 5.32 Å². The molecular formula is C35H37ClF2N2O6. The molecular weight excluding hydrogens is 618 g/mol. The maximum Gasteiger partial charge on any atom is 0.407 e. The average Bonchev–Trinajstić information content (AvgIpc) is 3.43. The quantitative estimate of drug-likeness (QED) is 0.236. The normalized spacial score (nSPS) is 19.8. The Morgan fingerprint density at radius 3 is 2.57 bits per heavy atom. The molecule has 2 aliphatic rings. The molecule has 0 aromatic heterocycles. The van der Waals surface area contributed by atoms with Gasteiger partial charge in [-0.25, -0.2) is 13.6 Å². The van der Waals surface area contributed by atoms with Crippen molar-refractivity contribution in [3.8, 4) is 28.7 Å². The van der Waals surface area contributed by atoms with E-state index in [-0.39, 0.29) is 59.1 Å². The number of amides is 1. The molecule has 0 bridgehead atoms. The highest BCUT2D eigenvalue weighted by Gasteiger charge is 2.54. The summed E-state index contributed by atoms with van der Waals surface area (Å²) >= 11 is 6.62. The van der Waals surface area contributed by atoms with Gasteiger partial charge in [-0.1, -0.05) is 62.7 Å². The molecule has 0 radical (unpaired) electrons. The molecule has 244 valence electrons. The number of nitrogens with zero attached hydrogens (tertiary/aromatic N) is 1. The second-order valence-corrected chi connectivity index (χ2v) is 12.8. The third-order valence-electron chi connectivity index (χ3n) is 8.32. The molecule has 1 saturated heterocycles. The molecule has 8 nitrogen and oxygen atoms in total. The topological polar surface area (TPSA) is 99.0 Å². The maximum absolute atomic E-state index is 16.4. The molecule has 1 fully saturated rings. The summed E-state index contributed by atoms with van der Waals surface area (Å²) in [4.78, 5) is 12.6. The van der Waals surface area contributed by atoms with Gasteiger partial charge < -0.3 is 29.0 Å². The number of ether oxygens (including phenoxy) is 5. The van der Waals surface area contributed by atoms with Crippen LogP contribution >= 0.6 is 11.6 Å². The Balaban J connectivity index is 1.59. The van der Waals surface area contributed by atoms with Gasteiger partial charge in [0.05, 0.1) is 36.4 Å². The largest absolute Gasteiger partial charge is 0.488 e. The molecule has 2 heterocycles. The number of methoxy groups -OCH3 is 1. The van der Waals surface area contributed by atoms with E-state index in [4.69, 9.17) is 35.3 Å². The number of nitrogens with one attached hydrogen (secondary N) is 1. The van der Waals surface area contributed by atoms with Crippen molar-refractivity contribution in [2.45, 2.75) is 64.4 Å². The number of fused-ring (bicyclic) bond motifs is 1. The lowest BCUT2D eigenvalue weighted by molar-refractivity contribution is -0.165. The maximum atomic E-state index is 16.4. The predicted molar refractivity (Wildman–Crippen MR) is 168 cm³/mol. The number of nitriles is 1. The molecule has 3 aromatic carbocycles. The van der Waals surface area contributed by atoms with Crippen LogP contribution in [0.2, 0.25) is 5.02 Å². The Bertz CT molecular complexity index is 1620. The number of carbonyl (C=O) groups is 1. The SMILES string of the molecule is COC(=O)NC(C(C)(C)C)[C@@]1(c2ccccc2)Cc2c(cc(F)c(Cl)c2-c2c(C#N)ccc(OCCO[C@H]3CCCCO3)c2F)O1. The van der Waals surface area contributed by atoms with Crippen LogP contribution in [0.4, 0.5) is 13.6 Å². The van der Waals surface area contributed by atoms with E-state index in [9.17, 15) is 10.1 Å². The second kappa shape index (κ2) is 13.8. The molecule has 0 aliphatic carbocycles. The first kappa shape index (κ1) is 33.5. The van der Waals surface area contributed by atoms with Gasteiger partial charge in [0.1, 0.15) is 18.2 Å². The van der Waals surface area contributed by atoms with Crippen LogP contribution in [0.3, 0.4) is 0 Å². The van der Waals surface area contributed by atoms with Crippen LogP contribution in [0.25, 0.3) is 11.1 Å². The minimum absolute atomic E-state index is 0.0177. The summed E-state index contributed by atoms with van der Waals surface area (Å²) in [6.07, 6.45) is 1.80. The Morgan fingerprint density at radius 2 is 1.91 bits per heavy atom. The summed E-state index contributed by atoms with van der Waals surface area (Å²) in [6.45, 7) is 6.59. The van der Waals surface area contributed by atoms with Gasteiger partial charge in [-0.05, 0) is 42.4 Å². The van der Waals surface area contributed by atoms with Gasteiger partial charge in [0.15, 0.2) is 23.5 Å². The van der Waals surface area contributed by atoms with Crippen LogP contribution in [0.15, 0.2) is 48.5 Å². The molecule has 0 saturated carbocycles. The fraction of sp³-hybridized carbons (Fsp3) is 0.429. The van der Waals surface area contributed by atoms with Crippen molar-refractivity contribution in [3.63, 3.8) is 0 Å². The second-order valence-electron chi connectivity index (χ2n) is 12.4. The van der Waals surface area contributed by atoms with E-state index in [1.807, 2.05) is 57.2 Å². The summed E-state index contributed by atoms with van der Waals surface area (Å²) < 4.78 is 60.6. The third-order valence-corrected chi connectivity index (χ3v) is 8.69. The standard InChI is InChI=1S/C35H37ClF2N2O6/c1-34(2,3)32(40-33(41)42-4)35(22-10-6-5-7-11-22)19-23-26(46-35)18-24(37)30(36)29(23)28-21(20-39)13-14-25(31(28)38)43-16-17-45-27-12-8-9-15-44-27/h5-7,10-11,13-14,18,27,32H,8-9,12,15-17,19H2,1-4H3,(H,40,41)/t27-,32?,35-/m0/s1. The van der Waals surface area contributed by atoms with Crippen LogP contribution in [-0.2, 0) is 26.2 Å². The Hall–Kier alpha value is -3.91. The van der Waals surface area contributed by atoms with Gasteiger partial charge in [-0.3, -0.25) is 0 Å². The van der Waals surface area contributed by atoms with Crippen molar-refractivity contribution in [2.75, 3.05) is 26.9 Å². The fourth-order valence-corrected chi connectivity index (χ4v) is 6.52. The molecule has 1 unspecified atom stereocenters. The van der Waals surface area contributed by atoms with Gasteiger partial charge in [0.25, 0.3) is 0 Å². The Labute approximate surface area is 272 Å². The lowest BCUT2D eigenvalue weighted by Gasteiger charge is -2.44. The summed E-state index contributed by atoms with van der Waals surface area (Å²) in [5, 5.41) is 12.6. The molecule has 0 spiro atoms. The van der Waals surface area contributed by atoms with Gasteiger partial charge in [-0.15, -0.1) is 0 Å². The number of halogens is 3. The van der Waals surface area contributed by atoms with Crippen LogP contribution in [0.1, 0.15) is 56.7 Å². The number of hydrogen-bond donors (Lipinski definition) is 1. The van der Waals surface area contributed by atoms with Crippen molar-refractivity contribution >= 4 is 17.7 Å². The fourth-order valence-electron chi connectivity index (χ4n) is 6.26. The number of carbonyl (C=O) groups excluding carboxylic acids is 1. The monoisotopic (exact) mass is 654 g/mol. The number of rotatable bonds is 9. The van der Waals surface area contributed by atoms with E-state index < -0.39 is 34.8 Å². The lowest BCUT2D eigenvalue weighted by Crippen LogP contribution is -2.59. The highest BCUT2D eigenvalue weighted by Crippen LogP contribution is 2.53. The molecule has 3 aromatic rings. The van der Waals surface area contributed by atoms with Gasteiger partial charge in [0.2, 0.25) is 0 Å². The zero-order chi connectivity index (χ0) is 33.1. The lowest BCUT2D eigenvalue weighted by atomic mass is 9.70. The molecule has 3 atom stereocenters.